The van der Waals surface area contributed by atoms with Crippen molar-refractivity contribution in [2.75, 3.05) is 0 Å². The van der Waals surface area contributed by atoms with Gasteiger partial charge < -0.3 is 0 Å². The minimum atomic E-state index is 0.265. The lowest BCUT2D eigenvalue weighted by molar-refractivity contribution is 0.0983. The Balaban J connectivity index is 2.11. The average molecular weight is 239 g/mol. The van der Waals surface area contributed by atoms with E-state index in [2.05, 4.69) is 11.9 Å². The van der Waals surface area contributed by atoms with Gasteiger partial charge >= 0.3 is 0 Å². The van der Waals surface area contributed by atoms with Crippen molar-refractivity contribution in [2.45, 2.75) is 58.8 Å². The van der Waals surface area contributed by atoms with Crippen molar-refractivity contribution >= 4 is 17.1 Å². The van der Waals surface area contributed by atoms with Gasteiger partial charge in [0.1, 0.15) is 0 Å². The third kappa shape index (κ3) is 4.88. The van der Waals surface area contributed by atoms with E-state index in [0.29, 0.717) is 6.42 Å². The zero-order valence-corrected chi connectivity index (χ0v) is 11.1. The number of carbonyl (C=O) groups excluding carboxylic acids is 1. The lowest BCUT2D eigenvalue weighted by Gasteiger charge is -1.99. The van der Waals surface area contributed by atoms with Crippen LogP contribution >= 0.6 is 11.3 Å². The molecule has 1 aromatic rings. The van der Waals surface area contributed by atoms with Crippen LogP contribution in [0.15, 0.2) is 6.20 Å². The van der Waals surface area contributed by atoms with Gasteiger partial charge in [-0.05, 0) is 13.3 Å². The molecule has 0 aliphatic carbocycles. The van der Waals surface area contributed by atoms with Gasteiger partial charge in [-0.15, -0.1) is 11.3 Å². The van der Waals surface area contributed by atoms with Gasteiger partial charge in [0, 0.05) is 12.6 Å². The summed E-state index contributed by atoms with van der Waals surface area (Å²) in [5, 5.41) is 0.978. The zero-order chi connectivity index (χ0) is 11.8. The maximum absolute atomic E-state index is 11.7. The van der Waals surface area contributed by atoms with Gasteiger partial charge in [-0.3, -0.25) is 4.79 Å². The highest BCUT2D eigenvalue weighted by Gasteiger charge is 2.08. The summed E-state index contributed by atoms with van der Waals surface area (Å²) in [6.07, 6.45) is 9.78. The van der Waals surface area contributed by atoms with E-state index >= 15 is 0 Å². The largest absolute Gasteiger partial charge is 0.293 e. The van der Waals surface area contributed by atoms with Crippen molar-refractivity contribution in [3.63, 3.8) is 0 Å². The molecule has 0 N–H and O–H groups in total. The maximum Gasteiger partial charge on any atom is 0.174 e. The minimum absolute atomic E-state index is 0.265. The van der Waals surface area contributed by atoms with Crippen LogP contribution in [0.3, 0.4) is 0 Å². The van der Waals surface area contributed by atoms with Crippen molar-refractivity contribution in [3.8, 4) is 0 Å². The molecule has 1 rings (SSSR count). The van der Waals surface area contributed by atoms with Crippen LogP contribution in [0.25, 0.3) is 0 Å². The molecule has 0 aliphatic rings. The number of Topliss-reactive ketones (excluding diaryl/α,β-unsaturated/α-hetero) is 1. The fourth-order valence-electron chi connectivity index (χ4n) is 1.68. The summed E-state index contributed by atoms with van der Waals surface area (Å²) in [4.78, 5) is 16.6. The molecule has 1 heterocycles. The number of rotatable bonds is 8. The van der Waals surface area contributed by atoms with Gasteiger partial charge in [0.15, 0.2) is 5.78 Å². The predicted octanol–water partition coefficient (Wildman–Crippen LogP) is 4.38. The fraction of sp³-hybridized carbons (Fsp3) is 0.692. The summed E-state index contributed by atoms with van der Waals surface area (Å²) in [5.41, 5.74) is 0. The number of thiazole rings is 1. The monoisotopic (exact) mass is 239 g/mol. The van der Waals surface area contributed by atoms with Crippen LogP contribution in [0.4, 0.5) is 0 Å². The highest BCUT2D eigenvalue weighted by atomic mass is 32.1. The molecule has 0 saturated carbocycles. The third-order valence-electron chi connectivity index (χ3n) is 2.65. The molecule has 0 aromatic carbocycles. The summed E-state index contributed by atoms with van der Waals surface area (Å²) in [7, 11) is 0. The Labute approximate surface area is 102 Å². The third-order valence-corrected chi connectivity index (χ3v) is 3.61. The molecule has 16 heavy (non-hydrogen) atoms. The van der Waals surface area contributed by atoms with Gasteiger partial charge in [0.05, 0.1) is 9.88 Å². The van der Waals surface area contributed by atoms with E-state index in [1.165, 1.54) is 43.4 Å². The first-order chi connectivity index (χ1) is 7.74. The molecule has 0 bridgehead atoms. The van der Waals surface area contributed by atoms with Gasteiger partial charge in [0.2, 0.25) is 0 Å². The summed E-state index contributed by atoms with van der Waals surface area (Å²) < 4.78 is 0. The van der Waals surface area contributed by atoms with E-state index < -0.39 is 0 Å². The Morgan fingerprint density at radius 2 is 1.94 bits per heavy atom. The van der Waals surface area contributed by atoms with E-state index in [4.69, 9.17) is 0 Å². The summed E-state index contributed by atoms with van der Waals surface area (Å²) in [5.74, 6) is 0.265. The van der Waals surface area contributed by atoms with E-state index in [0.717, 1.165) is 16.3 Å². The molecule has 3 heteroatoms. The number of unbranched alkanes of at least 4 members (excludes halogenated alkanes) is 5. The van der Waals surface area contributed by atoms with E-state index in [-0.39, 0.29) is 5.78 Å². The van der Waals surface area contributed by atoms with Gasteiger partial charge in [-0.25, -0.2) is 4.98 Å². The molecule has 90 valence electrons. The SMILES string of the molecule is CCCCCCCCC(=O)c1cnc(C)s1. The Bertz CT molecular complexity index is 319. The number of hydrogen-bond donors (Lipinski definition) is 0. The molecule has 0 radical (unpaired) electrons. The molecule has 0 fully saturated rings. The van der Waals surface area contributed by atoms with Crippen LogP contribution in [-0.4, -0.2) is 10.8 Å². The normalized spacial score (nSPS) is 10.6. The first-order valence-electron chi connectivity index (χ1n) is 6.19. The summed E-state index contributed by atoms with van der Waals surface area (Å²) >= 11 is 1.51. The molecule has 0 spiro atoms. The Morgan fingerprint density at radius 1 is 1.25 bits per heavy atom. The smallest absolute Gasteiger partial charge is 0.174 e. The van der Waals surface area contributed by atoms with Crippen molar-refractivity contribution in [1.29, 1.82) is 0 Å². The Kier molecular flexibility index (Phi) is 6.31. The number of ketones is 1. The van der Waals surface area contributed by atoms with E-state index in [9.17, 15) is 4.79 Å². The number of hydrogen-bond acceptors (Lipinski definition) is 3. The van der Waals surface area contributed by atoms with E-state index in [1.807, 2.05) is 6.92 Å². The minimum Gasteiger partial charge on any atom is -0.293 e. The van der Waals surface area contributed by atoms with Crippen molar-refractivity contribution in [1.82, 2.24) is 4.98 Å². The highest BCUT2D eigenvalue weighted by molar-refractivity contribution is 7.13. The standard InChI is InChI=1S/C13H21NOS/c1-3-4-5-6-7-8-9-12(15)13-10-14-11(2)16-13/h10H,3-9H2,1-2H3. The first-order valence-corrected chi connectivity index (χ1v) is 7.01. The highest BCUT2D eigenvalue weighted by Crippen LogP contribution is 2.16. The van der Waals surface area contributed by atoms with Crippen molar-refractivity contribution in [3.05, 3.63) is 16.1 Å². The summed E-state index contributed by atoms with van der Waals surface area (Å²) in [6, 6.07) is 0. The second kappa shape index (κ2) is 7.55. The molecular weight excluding hydrogens is 218 g/mol. The molecule has 2 nitrogen and oxygen atoms in total. The van der Waals surface area contributed by atoms with E-state index in [1.54, 1.807) is 6.20 Å². The number of nitrogens with zero attached hydrogens (tertiary/aromatic N) is 1. The lowest BCUT2D eigenvalue weighted by atomic mass is 10.1. The Morgan fingerprint density at radius 3 is 2.56 bits per heavy atom. The first kappa shape index (κ1) is 13.4. The van der Waals surface area contributed by atoms with Crippen LogP contribution in [0.5, 0.6) is 0 Å². The van der Waals surface area contributed by atoms with Gasteiger partial charge in [-0.1, -0.05) is 39.0 Å². The van der Waals surface area contributed by atoms with Crippen molar-refractivity contribution < 1.29 is 4.79 Å². The second-order valence-corrected chi connectivity index (χ2v) is 5.42. The molecular formula is C13H21NOS. The van der Waals surface area contributed by atoms with Crippen LogP contribution in [0.1, 0.15) is 66.5 Å². The van der Waals surface area contributed by atoms with Crippen LogP contribution in [-0.2, 0) is 0 Å². The van der Waals surface area contributed by atoms with Crippen LogP contribution < -0.4 is 0 Å². The van der Waals surface area contributed by atoms with Crippen molar-refractivity contribution in [2.24, 2.45) is 0 Å². The molecule has 0 unspecified atom stereocenters. The Hall–Kier alpha value is -0.700. The average Bonchev–Trinajstić information content (AvgIpc) is 2.70. The number of aromatic nitrogens is 1. The topological polar surface area (TPSA) is 30.0 Å². The van der Waals surface area contributed by atoms with Gasteiger partial charge in [0.25, 0.3) is 0 Å². The second-order valence-electron chi connectivity index (χ2n) is 4.18. The summed E-state index contributed by atoms with van der Waals surface area (Å²) in [6.45, 7) is 4.15. The predicted molar refractivity (Wildman–Crippen MR) is 69.2 cm³/mol. The maximum atomic E-state index is 11.7. The van der Waals surface area contributed by atoms with Crippen LogP contribution in [0, 0.1) is 6.92 Å². The quantitative estimate of drug-likeness (QED) is 0.497. The molecule has 0 amide bonds. The molecule has 0 atom stereocenters. The zero-order valence-electron chi connectivity index (χ0n) is 10.3. The number of aryl methyl sites for hydroxylation is 1. The molecule has 0 aliphatic heterocycles. The lowest BCUT2D eigenvalue weighted by Crippen LogP contribution is -1.95. The molecule has 0 saturated heterocycles. The fourth-order valence-corrected chi connectivity index (χ4v) is 2.42. The molecule has 1 aromatic heterocycles. The number of carbonyl (C=O) groups is 1. The van der Waals surface area contributed by atoms with Crippen LogP contribution in [0.2, 0.25) is 0 Å². The van der Waals surface area contributed by atoms with Gasteiger partial charge in [-0.2, -0.15) is 0 Å².